The number of rotatable bonds is 2. The first-order valence-corrected chi connectivity index (χ1v) is 4.89. The smallest absolute Gasteiger partial charge is 0.248 e. The van der Waals surface area contributed by atoms with Crippen molar-refractivity contribution in [1.29, 1.82) is 0 Å². The molecule has 1 aromatic heterocycles. The molecule has 7 heteroatoms. The van der Waals surface area contributed by atoms with Crippen LogP contribution in [0.3, 0.4) is 0 Å². The number of imidazole rings is 1. The highest BCUT2D eigenvalue weighted by molar-refractivity contribution is 7.80. The van der Waals surface area contributed by atoms with Crippen LogP contribution in [-0.2, 0) is 21.6 Å². The number of hydrogen-bond donors (Lipinski definition) is 0. The molecule has 0 saturated heterocycles. The quantitative estimate of drug-likeness (QED) is 0.383. The van der Waals surface area contributed by atoms with Crippen LogP contribution in [0.2, 0.25) is 0 Å². The van der Waals surface area contributed by atoms with Crippen molar-refractivity contribution >= 4 is 16.6 Å². The van der Waals surface area contributed by atoms with Gasteiger partial charge in [-0.1, -0.05) is 6.58 Å². The van der Waals surface area contributed by atoms with Crippen LogP contribution >= 0.6 is 0 Å². The lowest BCUT2D eigenvalue weighted by Gasteiger charge is -1.98. The van der Waals surface area contributed by atoms with Crippen molar-refractivity contribution in [2.45, 2.75) is 0 Å². The fourth-order valence-corrected chi connectivity index (χ4v) is 0.577. The Bertz CT molecular complexity index is 382. The Kier molecular flexibility index (Phi) is 5.06. The molecule has 0 N–H and O–H groups in total. The van der Waals surface area contributed by atoms with Crippen molar-refractivity contribution < 1.29 is 21.7 Å². The van der Waals surface area contributed by atoms with E-state index in [9.17, 15) is 13.0 Å². The predicted molar refractivity (Wildman–Crippen MR) is 48.7 cm³/mol. The second kappa shape index (κ2) is 5.53. The highest BCUT2D eigenvalue weighted by Crippen LogP contribution is 1.79. The Morgan fingerprint density at radius 1 is 1.64 bits per heavy atom. The van der Waals surface area contributed by atoms with Gasteiger partial charge in [0.25, 0.3) is 0 Å². The van der Waals surface area contributed by atoms with Gasteiger partial charge in [0, 0.05) is 0 Å². The van der Waals surface area contributed by atoms with E-state index in [4.69, 9.17) is 0 Å². The van der Waals surface area contributed by atoms with Gasteiger partial charge in [-0.05, 0) is 0 Å². The normalized spacial score (nSPS) is 10.2. The maximum atomic E-state index is 9.22. The van der Waals surface area contributed by atoms with Gasteiger partial charge in [0.15, 0.2) is 0 Å². The standard InChI is InChI=1S/C6H9N2.CH4O4S/c1-3-8-5-4-7(2)6-8;1-5-6(2,3)4/h3-6H,1H2,2H3;1H3,(H,2,3,4)/q+1;/p-1. The fourth-order valence-electron chi connectivity index (χ4n) is 0.577. The minimum atomic E-state index is -4.41. The molecule has 0 amide bonds. The van der Waals surface area contributed by atoms with E-state index in [1.165, 1.54) is 0 Å². The molecule has 1 aromatic rings. The Morgan fingerprint density at radius 3 is 2.29 bits per heavy atom. The third-order valence-corrected chi connectivity index (χ3v) is 1.61. The zero-order valence-corrected chi connectivity index (χ0v) is 8.77. The molecule has 80 valence electrons. The average molecular weight is 220 g/mol. The van der Waals surface area contributed by atoms with E-state index in [1.807, 2.05) is 34.9 Å². The predicted octanol–water partition coefficient (Wildman–Crippen LogP) is -0.494. The molecule has 0 aromatic carbocycles. The molecule has 0 aliphatic carbocycles. The molecule has 1 heterocycles. The van der Waals surface area contributed by atoms with Crippen LogP contribution in [0.15, 0.2) is 25.3 Å². The molecular weight excluding hydrogens is 208 g/mol. The minimum Gasteiger partial charge on any atom is -0.726 e. The first kappa shape index (κ1) is 12.8. The van der Waals surface area contributed by atoms with Crippen LogP contribution in [0.5, 0.6) is 0 Å². The highest BCUT2D eigenvalue weighted by Gasteiger charge is 1.90. The minimum absolute atomic E-state index is 0.808. The lowest BCUT2D eigenvalue weighted by molar-refractivity contribution is -0.670. The van der Waals surface area contributed by atoms with Crippen LogP contribution in [0.4, 0.5) is 0 Å². The van der Waals surface area contributed by atoms with Crippen molar-refractivity contribution in [2.75, 3.05) is 7.11 Å². The molecule has 0 unspecified atom stereocenters. The van der Waals surface area contributed by atoms with E-state index in [0.29, 0.717) is 0 Å². The maximum Gasteiger partial charge on any atom is 0.248 e. The number of aromatic nitrogens is 2. The molecule has 0 fully saturated rings. The molecule has 0 saturated carbocycles. The summed E-state index contributed by atoms with van der Waals surface area (Å²) < 4.78 is 34.9. The third-order valence-electron chi connectivity index (χ3n) is 1.20. The van der Waals surface area contributed by atoms with Gasteiger partial charge < -0.3 is 4.55 Å². The molecule has 0 spiro atoms. The molecule has 14 heavy (non-hydrogen) atoms. The second-order valence-electron chi connectivity index (χ2n) is 2.28. The zero-order chi connectivity index (χ0) is 11.2. The summed E-state index contributed by atoms with van der Waals surface area (Å²) in [6.07, 6.45) is 7.58. The van der Waals surface area contributed by atoms with E-state index in [0.717, 1.165) is 7.11 Å². The molecule has 1 rings (SSSR count). The molecule has 0 aliphatic rings. The van der Waals surface area contributed by atoms with Gasteiger partial charge in [0.2, 0.25) is 16.7 Å². The second-order valence-corrected chi connectivity index (χ2v) is 3.43. The summed E-state index contributed by atoms with van der Waals surface area (Å²) in [6.45, 7) is 3.59. The van der Waals surface area contributed by atoms with E-state index in [-0.39, 0.29) is 0 Å². The van der Waals surface area contributed by atoms with Gasteiger partial charge >= 0.3 is 0 Å². The lowest BCUT2D eigenvalue weighted by atomic mass is 10.8. The van der Waals surface area contributed by atoms with Crippen LogP contribution in [-0.4, -0.2) is 24.6 Å². The largest absolute Gasteiger partial charge is 0.726 e. The molecule has 0 radical (unpaired) electrons. The van der Waals surface area contributed by atoms with Gasteiger partial charge in [-0.25, -0.2) is 17.6 Å². The van der Waals surface area contributed by atoms with Crippen molar-refractivity contribution in [3.8, 4) is 0 Å². The summed E-state index contributed by atoms with van der Waals surface area (Å²) in [6, 6.07) is 0. The van der Waals surface area contributed by atoms with E-state index in [2.05, 4.69) is 10.8 Å². The van der Waals surface area contributed by atoms with Crippen molar-refractivity contribution in [1.82, 2.24) is 4.57 Å². The summed E-state index contributed by atoms with van der Waals surface area (Å²) in [5.41, 5.74) is 0. The monoisotopic (exact) mass is 220 g/mol. The Morgan fingerprint density at radius 2 is 2.14 bits per heavy atom. The molecule has 0 aliphatic heterocycles. The summed E-state index contributed by atoms with van der Waals surface area (Å²) >= 11 is 0. The zero-order valence-electron chi connectivity index (χ0n) is 7.95. The first-order valence-electron chi connectivity index (χ1n) is 3.55. The topological polar surface area (TPSA) is 75.2 Å². The van der Waals surface area contributed by atoms with Crippen LogP contribution in [0, 0.1) is 0 Å². The summed E-state index contributed by atoms with van der Waals surface area (Å²) in [4.78, 5) is 0. The number of hydrogen-bond acceptors (Lipinski definition) is 4. The SMILES string of the molecule is C=Cn1cc[n+](C)c1.COS(=O)(=O)[O-]. The Hall–Kier alpha value is -1.18. The average Bonchev–Trinajstić information content (AvgIpc) is 2.51. The van der Waals surface area contributed by atoms with Crippen molar-refractivity contribution in [3.05, 3.63) is 25.3 Å². The molecular formula is C7H12N2O4S. The van der Waals surface area contributed by atoms with Gasteiger partial charge in [-0.3, -0.25) is 4.18 Å². The lowest BCUT2D eigenvalue weighted by Crippen LogP contribution is -2.23. The van der Waals surface area contributed by atoms with Crippen LogP contribution in [0.25, 0.3) is 6.20 Å². The van der Waals surface area contributed by atoms with Gasteiger partial charge in [-0.15, -0.1) is 0 Å². The summed E-state index contributed by atoms with van der Waals surface area (Å²) in [5, 5.41) is 0. The highest BCUT2D eigenvalue weighted by atomic mass is 32.3. The van der Waals surface area contributed by atoms with Gasteiger partial charge in [0.1, 0.15) is 12.4 Å². The van der Waals surface area contributed by atoms with Gasteiger partial charge in [-0.2, -0.15) is 0 Å². The Labute approximate surface area is 83.0 Å². The van der Waals surface area contributed by atoms with E-state index < -0.39 is 10.4 Å². The van der Waals surface area contributed by atoms with Crippen molar-refractivity contribution in [2.24, 2.45) is 7.05 Å². The van der Waals surface area contributed by atoms with Crippen LogP contribution < -0.4 is 4.57 Å². The summed E-state index contributed by atoms with van der Waals surface area (Å²) in [5.74, 6) is 0. The Balaban J connectivity index is 0.000000255. The summed E-state index contributed by atoms with van der Waals surface area (Å²) in [7, 11) is -1.63. The number of nitrogens with zero attached hydrogens (tertiary/aromatic N) is 2. The number of aryl methyl sites for hydroxylation is 1. The fraction of sp³-hybridized carbons (Fsp3) is 0.286. The van der Waals surface area contributed by atoms with Crippen LogP contribution in [0.1, 0.15) is 0 Å². The molecule has 0 atom stereocenters. The van der Waals surface area contributed by atoms with E-state index in [1.54, 1.807) is 6.20 Å². The van der Waals surface area contributed by atoms with Crippen molar-refractivity contribution in [3.63, 3.8) is 0 Å². The maximum absolute atomic E-state index is 9.22. The molecule has 0 bridgehead atoms. The third kappa shape index (κ3) is 6.35. The van der Waals surface area contributed by atoms with Gasteiger partial charge in [0.05, 0.1) is 20.4 Å². The molecule has 6 nitrogen and oxygen atoms in total. The first-order chi connectivity index (χ1) is 6.39. The van der Waals surface area contributed by atoms with E-state index >= 15 is 0 Å².